The minimum absolute atomic E-state index is 0.0409. The minimum Gasteiger partial charge on any atom is -0.447 e. The molecule has 1 amide bonds. The Balaban J connectivity index is 1.51. The zero-order valence-corrected chi connectivity index (χ0v) is 20.4. The van der Waals surface area contributed by atoms with Crippen LogP contribution in [0.25, 0.3) is 10.9 Å². The maximum absolute atomic E-state index is 14.9. The number of hydrogen-bond acceptors (Lipinski definition) is 5. The van der Waals surface area contributed by atoms with Crippen LogP contribution in [0, 0.1) is 17.5 Å². The van der Waals surface area contributed by atoms with E-state index in [4.69, 9.17) is 4.74 Å². The number of sulfone groups is 1. The summed E-state index contributed by atoms with van der Waals surface area (Å²) < 4.78 is 74.2. The Kier molecular flexibility index (Phi) is 6.81. The van der Waals surface area contributed by atoms with E-state index in [1.54, 1.807) is 24.9 Å². The monoisotopic (exact) mass is 509 g/mol. The van der Waals surface area contributed by atoms with Gasteiger partial charge in [0.05, 0.1) is 23.9 Å². The molecule has 11 heteroatoms. The van der Waals surface area contributed by atoms with Crippen molar-refractivity contribution in [1.29, 1.82) is 0 Å². The Bertz CT molecular complexity index is 1380. The Labute approximate surface area is 201 Å². The molecule has 0 atom stereocenters. The molecule has 2 aromatic heterocycles. The molecular formula is C24H26F3N3O4S. The van der Waals surface area contributed by atoms with Crippen LogP contribution in [0.4, 0.5) is 18.0 Å². The number of hydrogen-bond donors (Lipinski definition) is 0. The van der Waals surface area contributed by atoms with Crippen molar-refractivity contribution in [3.05, 3.63) is 59.3 Å². The topological polar surface area (TPSA) is 81.5 Å². The molecule has 1 aromatic carbocycles. The van der Waals surface area contributed by atoms with Crippen LogP contribution >= 0.6 is 0 Å². The van der Waals surface area contributed by atoms with Gasteiger partial charge in [0, 0.05) is 37.1 Å². The predicted octanol–water partition coefficient (Wildman–Crippen LogP) is 4.63. The molecule has 0 unspecified atom stereocenters. The summed E-state index contributed by atoms with van der Waals surface area (Å²) in [7, 11) is -4.10. The molecule has 1 aliphatic rings. The quantitative estimate of drug-likeness (QED) is 0.501. The van der Waals surface area contributed by atoms with Crippen LogP contribution in [0.15, 0.2) is 35.5 Å². The van der Waals surface area contributed by atoms with Crippen molar-refractivity contribution >= 4 is 26.8 Å². The summed E-state index contributed by atoms with van der Waals surface area (Å²) in [5, 5.41) is -0.0772. The lowest BCUT2D eigenvalue weighted by atomic mass is 9.90. The molecule has 188 valence electrons. The lowest BCUT2D eigenvalue weighted by Crippen LogP contribution is -2.39. The standard InChI is InChI=1S/C24H26F3N3O4S/c1-14(2)34-24(31)29-7-4-15(5-8-29)16-10-18(25)20(28-12-16)13-30-9-6-17-21(30)11-19(26)23(22(17)27)35(3,32)33/h6,9-12,14-15H,4-5,7-8,13H2,1-3H3. The highest BCUT2D eigenvalue weighted by molar-refractivity contribution is 7.90. The molecular weight excluding hydrogens is 483 g/mol. The molecule has 0 spiro atoms. The number of nitrogens with zero attached hydrogens (tertiary/aromatic N) is 3. The lowest BCUT2D eigenvalue weighted by Gasteiger charge is -2.32. The number of halogens is 3. The maximum Gasteiger partial charge on any atom is 0.410 e. The van der Waals surface area contributed by atoms with Gasteiger partial charge in [-0.05, 0) is 56.4 Å². The van der Waals surface area contributed by atoms with E-state index < -0.39 is 32.2 Å². The largest absolute Gasteiger partial charge is 0.447 e. The fourth-order valence-electron chi connectivity index (χ4n) is 4.38. The second-order valence-electron chi connectivity index (χ2n) is 9.04. The van der Waals surface area contributed by atoms with E-state index in [2.05, 4.69) is 4.98 Å². The maximum atomic E-state index is 14.9. The van der Waals surface area contributed by atoms with Gasteiger partial charge in [0.25, 0.3) is 0 Å². The minimum atomic E-state index is -4.10. The number of aromatic nitrogens is 2. The van der Waals surface area contributed by atoms with Crippen LogP contribution < -0.4 is 0 Å². The first-order valence-electron chi connectivity index (χ1n) is 11.2. The van der Waals surface area contributed by atoms with Crippen LogP contribution in [0.5, 0.6) is 0 Å². The van der Waals surface area contributed by atoms with Gasteiger partial charge in [-0.15, -0.1) is 0 Å². The first-order valence-corrected chi connectivity index (χ1v) is 13.1. The van der Waals surface area contributed by atoms with Crippen molar-refractivity contribution in [3.8, 4) is 0 Å². The van der Waals surface area contributed by atoms with Crippen molar-refractivity contribution in [1.82, 2.24) is 14.5 Å². The van der Waals surface area contributed by atoms with Gasteiger partial charge in [-0.1, -0.05) is 0 Å². The van der Waals surface area contributed by atoms with Gasteiger partial charge in [-0.3, -0.25) is 4.98 Å². The lowest BCUT2D eigenvalue weighted by molar-refractivity contribution is 0.0691. The molecule has 1 fully saturated rings. The van der Waals surface area contributed by atoms with E-state index in [-0.39, 0.29) is 41.3 Å². The molecule has 0 bridgehead atoms. The number of pyridine rings is 1. The highest BCUT2D eigenvalue weighted by atomic mass is 32.2. The van der Waals surface area contributed by atoms with Gasteiger partial charge in [0.15, 0.2) is 15.7 Å². The number of carbonyl (C=O) groups is 1. The average molecular weight is 510 g/mol. The zero-order chi connectivity index (χ0) is 25.5. The third-order valence-electron chi connectivity index (χ3n) is 6.11. The number of likely N-dealkylation sites (tertiary alicyclic amines) is 1. The molecule has 0 aliphatic carbocycles. The predicted molar refractivity (Wildman–Crippen MR) is 123 cm³/mol. The highest BCUT2D eigenvalue weighted by Gasteiger charge is 2.27. The van der Waals surface area contributed by atoms with Crippen LogP contribution in [0.1, 0.15) is 43.9 Å². The van der Waals surface area contributed by atoms with E-state index in [0.717, 1.165) is 17.9 Å². The molecule has 1 saturated heterocycles. The molecule has 0 saturated carbocycles. The van der Waals surface area contributed by atoms with Crippen molar-refractivity contribution in [3.63, 3.8) is 0 Å². The summed E-state index contributed by atoms with van der Waals surface area (Å²) in [6, 6.07) is 3.66. The molecule has 1 aliphatic heterocycles. The summed E-state index contributed by atoms with van der Waals surface area (Å²) in [6.45, 7) is 4.49. The second kappa shape index (κ2) is 9.52. The van der Waals surface area contributed by atoms with Gasteiger partial charge in [0.1, 0.15) is 16.5 Å². The molecule has 0 N–H and O–H groups in total. The van der Waals surface area contributed by atoms with Gasteiger partial charge in [-0.25, -0.2) is 26.4 Å². The van der Waals surface area contributed by atoms with Crippen LogP contribution in [0.3, 0.4) is 0 Å². The third kappa shape index (κ3) is 5.14. The Morgan fingerprint density at radius 2 is 1.86 bits per heavy atom. The number of ether oxygens (including phenoxy) is 1. The number of rotatable bonds is 5. The summed E-state index contributed by atoms with van der Waals surface area (Å²) in [5.41, 5.74) is 0.894. The molecule has 7 nitrogen and oxygen atoms in total. The zero-order valence-electron chi connectivity index (χ0n) is 19.6. The first kappa shape index (κ1) is 25.0. The number of fused-ring (bicyclic) bond motifs is 1. The highest BCUT2D eigenvalue weighted by Crippen LogP contribution is 2.31. The van der Waals surface area contributed by atoms with Crippen LogP contribution in [0.2, 0.25) is 0 Å². The molecule has 4 rings (SSSR count). The Morgan fingerprint density at radius 1 is 1.17 bits per heavy atom. The second-order valence-corrected chi connectivity index (χ2v) is 11.0. The number of amides is 1. The fraction of sp³-hybridized carbons (Fsp3) is 0.417. The Hall–Kier alpha value is -3.08. The summed E-state index contributed by atoms with van der Waals surface area (Å²) >= 11 is 0. The molecule has 35 heavy (non-hydrogen) atoms. The Morgan fingerprint density at radius 3 is 2.46 bits per heavy atom. The van der Waals surface area contributed by atoms with Crippen molar-refractivity contribution < 1.29 is 31.1 Å². The fourth-order valence-corrected chi connectivity index (χ4v) is 5.22. The van der Waals surface area contributed by atoms with Crippen molar-refractivity contribution in [2.45, 2.75) is 50.2 Å². The molecule has 3 aromatic rings. The van der Waals surface area contributed by atoms with Crippen LogP contribution in [-0.4, -0.2) is 54.4 Å². The van der Waals surface area contributed by atoms with E-state index in [1.807, 2.05) is 0 Å². The van der Waals surface area contributed by atoms with Crippen molar-refractivity contribution in [2.24, 2.45) is 0 Å². The third-order valence-corrected chi connectivity index (χ3v) is 7.23. The van der Waals surface area contributed by atoms with Gasteiger partial charge in [0.2, 0.25) is 0 Å². The van der Waals surface area contributed by atoms with E-state index in [0.29, 0.717) is 25.9 Å². The van der Waals surface area contributed by atoms with Crippen LogP contribution in [-0.2, 0) is 21.1 Å². The average Bonchev–Trinajstić information content (AvgIpc) is 3.16. The van der Waals surface area contributed by atoms with E-state index >= 15 is 0 Å². The number of benzene rings is 1. The van der Waals surface area contributed by atoms with Gasteiger partial charge < -0.3 is 14.2 Å². The number of carbonyl (C=O) groups excluding carboxylic acids is 1. The normalized spacial score (nSPS) is 15.2. The van der Waals surface area contributed by atoms with Crippen molar-refractivity contribution in [2.75, 3.05) is 19.3 Å². The summed E-state index contributed by atoms with van der Waals surface area (Å²) in [5.74, 6) is -2.89. The summed E-state index contributed by atoms with van der Waals surface area (Å²) in [6.07, 6.45) is 4.50. The number of piperidine rings is 1. The van der Waals surface area contributed by atoms with E-state index in [9.17, 15) is 26.4 Å². The van der Waals surface area contributed by atoms with Gasteiger partial charge >= 0.3 is 6.09 Å². The molecule has 3 heterocycles. The summed E-state index contributed by atoms with van der Waals surface area (Å²) in [4.78, 5) is 17.0. The molecule has 0 radical (unpaired) electrons. The smallest absolute Gasteiger partial charge is 0.410 e. The van der Waals surface area contributed by atoms with Gasteiger partial charge in [-0.2, -0.15) is 0 Å². The van der Waals surface area contributed by atoms with E-state index in [1.165, 1.54) is 22.9 Å². The SMILES string of the molecule is CC(C)OC(=O)N1CCC(c2cnc(Cn3ccc4c(F)c(S(C)(=O)=O)c(F)cc43)c(F)c2)CC1. The first-order chi connectivity index (χ1) is 16.5.